The summed E-state index contributed by atoms with van der Waals surface area (Å²) in [5.74, 6) is -1.02. The summed E-state index contributed by atoms with van der Waals surface area (Å²) in [4.78, 5) is 24.5. The molecule has 0 spiro atoms. The largest absolute Gasteiger partial charge is 0.479 e. The standard InChI is InChI=1S/C13H24N2O4S/c1-4-13(5-2,20-3)9-14-12(18)15-6-7-19-10(8-15)11(16)17/h10H,4-9H2,1-3H3,(H,14,18)(H,16,17). The van der Waals surface area contributed by atoms with Crippen molar-refractivity contribution < 1.29 is 19.4 Å². The number of hydrogen-bond donors (Lipinski definition) is 2. The number of aliphatic carboxylic acids is 1. The van der Waals surface area contributed by atoms with Crippen LogP contribution in [0.5, 0.6) is 0 Å². The van der Waals surface area contributed by atoms with Crippen LogP contribution in [0.2, 0.25) is 0 Å². The van der Waals surface area contributed by atoms with Crippen LogP contribution < -0.4 is 5.32 Å². The first kappa shape index (κ1) is 17.1. The summed E-state index contributed by atoms with van der Waals surface area (Å²) in [5.41, 5.74) is 0. The molecule has 1 unspecified atom stereocenters. The molecule has 1 fully saturated rings. The van der Waals surface area contributed by atoms with E-state index in [0.29, 0.717) is 13.1 Å². The van der Waals surface area contributed by atoms with E-state index in [2.05, 4.69) is 19.2 Å². The van der Waals surface area contributed by atoms with Crippen molar-refractivity contribution in [1.82, 2.24) is 10.2 Å². The van der Waals surface area contributed by atoms with E-state index in [-0.39, 0.29) is 23.9 Å². The molecule has 0 aromatic rings. The van der Waals surface area contributed by atoms with Gasteiger partial charge in [0, 0.05) is 17.8 Å². The Kier molecular flexibility index (Phi) is 6.61. The predicted molar refractivity (Wildman–Crippen MR) is 79.2 cm³/mol. The van der Waals surface area contributed by atoms with E-state index in [9.17, 15) is 9.59 Å². The fourth-order valence-electron chi connectivity index (χ4n) is 2.19. The first-order valence-corrected chi connectivity index (χ1v) is 8.12. The van der Waals surface area contributed by atoms with Gasteiger partial charge < -0.3 is 20.1 Å². The normalized spacial score (nSPS) is 19.8. The molecule has 0 radical (unpaired) electrons. The van der Waals surface area contributed by atoms with Crippen LogP contribution in [-0.4, -0.2) is 65.4 Å². The molecule has 6 nitrogen and oxygen atoms in total. The monoisotopic (exact) mass is 304 g/mol. The van der Waals surface area contributed by atoms with Gasteiger partial charge in [-0.25, -0.2) is 9.59 Å². The minimum atomic E-state index is -1.02. The lowest BCUT2D eigenvalue weighted by atomic mass is 10.0. The third-order valence-electron chi connectivity index (χ3n) is 3.91. The molecule has 1 rings (SSSR count). The highest BCUT2D eigenvalue weighted by molar-refractivity contribution is 8.00. The number of nitrogens with zero attached hydrogens (tertiary/aromatic N) is 1. The summed E-state index contributed by atoms with van der Waals surface area (Å²) < 4.78 is 5.15. The molecule has 0 aromatic heterocycles. The van der Waals surface area contributed by atoms with E-state index < -0.39 is 12.1 Å². The van der Waals surface area contributed by atoms with Crippen molar-refractivity contribution in [3.05, 3.63) is 0 Å². The smallest absolute Gasteiger partial charge is 0.334 e. The molecule has 2 amide bonds. The van der Waals surface area contributed by atoms with Crippen LogP contribution in [0.1, 0.15) is 26.7 Å². The van der Waals surface area contributed by atoms with Crippen LogP contribution in [-0.2, 0) is 9.53 Å². The van der Waals surface area contributed by atoms with Crippen molar-refractivity contribution >= 4 is 23.8 Å². The van der Waals surface area contributed by atoms with Gasteiger partial charge in [0.15, 0.2) is 6.10 Å². The summed E-state index contributed by atoms with van der Waals surface area (Å²) in [5, 5.41) is 11.8. The topological polar surface area (TPSA) is 78.9 Å². The number of hydrogen-bond acceptors (Lipinski definition) is 4. The van der Waals surface area contributed by atoms with E-state index in [4.69, 9.17) is 9.84 Å². The van der Waals surface area contributed by atoms with Crippen molar-refractivity contribution in [1.29, 1.82) is 0 Å². The fourth-order valence-corrected chi connectivity index (χ4v) is 2.99. The second-order valence-electron chi connectivity index (χ2n) is 4.90. The number of carboxylic acids is 1. The van der Waals surface area contributed by atoms with Gasteiger partial charge in [0.1, 0.15) is 0 Å². The van der Waals surface area contributed by atoms with Crippen LogP contribution in [0, 0.1) is 0 Å². The Morgan fingerprint density at radius 2 is 2.10 bits per heavy atom. The SMILES string of the molecule is CCC(CC)(CNC(=O)N1CCOC(C(=O)O)C1)SC. The van der Waals surface area contributed by atoms with E-state index in [1.54, 1.807) is 11.8 Å². The summed E-state index contributed by atoms with van der Waals surface area (Å²) in [6, 6.07) is -0.208. The van der Waals surface area contributed by atoms with Crippen LogP contribution >= 0.6 is 11.8 Å². The molecule has 0 aliphatic carbocycles. The van der Waals surface area contributed by atoms with Gasteiger partial charge in [-0.1, -0.05) is 13.8 Å². The van der Waals surface area contributed by atoms with Crippen molar-refractivity contribution in [2.75, 3.05) is 32.5 Å². The summed E-state index contributed by atoms with van der Waals surface area (Å²) in [6.45, 7) is 5.61. The summed E-state index contributed by atoms with van der Waals surface area (Å²) in [7, 11) is 0. The zero-order valence-corrected chi connectivity index (χ0v) is 13.2. The lowest BCUT2D eigenvalue weighted by Crippen LogP contribution is -2.53. The number of carbonyl (C=O) groups is 2. The molecule has 1 aliphatic rings. The van der Waals surface area contributed by atoms with Gasteiger partial charge in [-0.05, 0) is 19.1 Å². The Labute approximate surface area is 124 Å². The quantitative estimate of drug-likeness (QED) is 0.775. The number of urea groups is 1. The van der Waals surface area contributed by atoms with Crippen LogP contribution in [0.3, 0.4) is 0 Å². The molecular weight excluding hydrogens is 280 g/mol. The number of thioether (sulfide) groups is 1. The second kappa shape index (κ2) is 7.73. The zero-order valence-electron chi connectivity index (χ0n) is 12.3. The molecule has 1 aliphatic heterocycles. The van der Waals surface area contributed by atoms with Gasteiger partial charge in [0.25, 0.3) is 0 Å². The summed E-state index contributed by atoms with van der Waals surface area (Å²) >= 11 is 1.76. The van der Waals surface area contributed by atoms with E-state index >= 15 is 0 Å². The average molecular weight is 304 g/mol. The minimum Gasteiger partial charge on any atom is -0.479 e. The number of amides is 2. The van der Waals surface area contributed by atoms with Crippen molar-refractivity contribution in [2.45, 2.75) is 37.5 Å². The van der Waals surface area contributed by atoms with Crippen LogP contribution in [0.25, 0.3) is 0 Å². The fraction of sp³-hybridized carbons (Fsp3) is 0.846. The average Bonchev–Trinajstić information content (AvgIpc) is 2.49. The highest BCUT2D eigenvalue weighted by Gasteiger charge is 2.31. The molecule has 20 heavy (non-hydrogen) atoms. The number of morpholine rings is 1. The van der Waals surface area contributed by atoms with Crippen molar-refractivity contribution in [3.63, 3.8) is 0 Å². The van der Waals surface area contributed by atoms with Gasteiger partial charge in [0.05, 0.1) is 13.2 Å². The van der Waals surface area contributed by atoms with Gasteiger partial charge in [-0.15, -0.1) is 0 Å². The first-order chi connectivity index (χ1) is 9.48. The van der Waals surface area contributed by atoms with E-state index in [1.807, 2.05) is 6.26 Å². The lowest BCUT2D eigenvalue weighted by molar-refractivity contribution is -0.154. The van der Waals surface area contributed by atoms with E-state index in [1.165, 1.54) is 4.90 Å². The maximum absolute atomic E-state index is 12.1. The maximum atomic E-state index is 12.1. The van der Waals surface area contributed by atoms with Gasteiger partial charge in [-0.3, -0.25) is 0 Å². The maximum Gasteiger partial charge on any atom is 0.334 e. The number of carbonyl (C=O) groups excluding carboxylic acids is 1. The zero-order chi connectivity index (χ0) is 15.2. The third kappa shape index (κ3) is 4.28. The van der Waals surface area contributed by atoms with Crippen LogP contribution in [0.4, 0.5) is 4.79 Å². The van der Waals surface area contributed by atoms with Gasteiger partial charge >= 0.3 is 12.0 Å². The molecule has 0 bridgehead atoms. The molecule has 0 aromatic carbocycles. The summed E-state index contributed by atoms with van der Waals surface area (Å²) in [6.07, 6.45) is 3.09. The van der Waals surface area contributed by atoms with Crippen molar-refractivity contribution in [3.8, 4) is 0 Å². The number of nitrogens with one attached hydrogen (secondary N) is 1. The van der Waals surface area contributed by atoms with Crippen LogP contribution in [0.15, 0.2) is 0 Å². The molecule has 1 heterocycles. The molecule has 1 atom stereocenters. The Balaban J connectivity index is 2.52. The van der Waals surface area contributed by atoms with Crippen molar-refractivity contribution in [2.24, 2.45) is 0 Å². The predicted octanol–water partition coefficient (Wildman–Crippen LogP) is 1.40. The highest BCUT2D eigenvalue weighted by Crippen LogP contribution is 2.29. The molecule has 0 saturated carbocycles. The molecule has 2 N–H and O–H groups in total. The Morgan fingerprint density at radius 3 is 2.60 bits per heavy atom. The first-order valence-electron chi connectivity index (χ1n) is 6.90. The van der Waals surface area contributed by atoms with E-state index in [0.717, 1.165) is 12.8 Å². The number of carboxylic acid groups (broad SMARTS) is 1. The minimum absolute atomic E-state index is 0.0497. The van der Waals surface area contributed by atoms with Gasteiger partial charge in [-0.2, -0.15) is 11.8 Å². The highest BCUT2D eigenvalue weighted by atomic mass is 32.2. The third-order valence-corrected chi connectivity index (χ3v) is 5.50. The second-order valence-corrected chi connectivity index (χ2v) is 6.17. The number of ether oxygens (including phenoxy) is 1. The molecule has 7 heteroatoms. The van der Waals surface area contributed by atoms with Gasteiger partial charge in [0.2, 0.25) is 0 Å². The Hall–Kier alpha value is -0.950. The molecule has 1 saturated heterocycles. The molecular formula is C13H24N2O4S. The lowest BCUT2D eigenvalue weighted by Gasteiger charge is -2.34. The Morgan fingerprint density at radius 1 is 1.45 bits per heavy atom. The molecule has 116 valence electrons. The Bertz CT molecular complexity index is 339. The number of rotatable bonds is 6.